The number of aromatic nitrogens is 2. The molecule has 0 bridgehead atoms. The Morgan fingerprint density at radius 2 is 1.77 bits per heavy atom. The largest absolute Gasteiger partial charge is 0.443 e. The average molecular weight is 536 g/mol. The van der Waals surface area contributed by atoms with E-state index < -0.39 is 46.5 Å². The number of nitrogens with zero attached hydrogens (tertiary/aromatic N) is 4. The van der Waals surface area contributed by atoms with Crippen LogP contribution in [0.5, 0.6) is 0 Å². The molecule has 3 aliphatic rings. The number of hydrogen-bond acceptors (Lipinski definition) is 6. The van der Waals surface area contributed by atoms with Crippen molar-refractivity contribution in [2.24, 2.45) is 4.99 Å². The van der Waals surface area contributed by atoms with E-state index in [2.05, 4.69) is 10.2 Å². The molecule has 1 spiro atoms. The zero-order valence-corrected chi connectivity index (χ0v) is 21.9. The first-order valence-corrected chi connectivity index (χ1v) is 12.8. The van der Waals surface area contributed by atoms with Crippen molar-refractivity contribution in [3.05, 3.63) is 69.6 Å². The fourth-order valence-electron chi connectivity index (χ4n) is 5.84. The Balaban J connectivity index is 1.67. The van der Waals surface area contributed by atoms with Gasteiger partial charge in [-0.2, -0.15) is 5.10 Å². The van der Waals surface area contributed by atoms with Gasteiger partial charge in [-0.05, 0) is 76.8 Å². The molecule has 0 saturated heterocycles. The molecule has 2 aliphatic heterocycles. The number of aliphatic imine (C=N–C) groups is 1. The van der Waals surface area contributed by atoms with Crippen molar-refractivity contribution >= 4 is 34.3 Å². The van der Waals surface area contributed by atoms with Crippen molar-refractivity contribution in [2.75, 3.05) is 4.90 Å². The van der Waals surface area contributed by atoms with Gasteiger partial charge in [0.2, 0.25) is 0 Å². The Labute approximate surface area is 222 Å². The van der Waals surface area contributed by atoms with Gasteiger partial charge in [0.25, 0.3) is 11.5 Å². The number of H-pyrrole nitrogens is 1. The van der Waals surface area contributed by atoms with Gasteiger partial charge in [0.05, 0.1) is 22.8 Å². The summed E-state index contributed by atoms with van der Waals surface area (Å²) in [5, 5.41) is 6.99. The predicted molar refractivity (Wildman–Crippen MR) is 139 cm³/mol. The van der Waals surface area contributed by atoms with Crippen LogP contribution in [0.3, 0.4) is 0 Å². The van der Waals surface area contributed by atoms with E-state index in [1.54, 1.807) is 27.7 Å². The molecule has 3 aromatic rings. The van der Waals surface area contributed by atoms with Crippen molar-refractivity contribution < 1.29 is 23.1 Å². The van der Waals surface area contributed by atoms with Gasteiger partial charge in [0.15, 0.2) is 0 Å². The molecule has 11 heteroatoms. The van der Waals surface area contributed by atoms with Crippen molar-refractivity contribution in [1.29, 1.82) is 0 Å². The van der Waals surface area contributed by atoms with Crippen molar-refractivity contribution in [2.45, 2.75) is 70.2 Å². The topological polar surface area (TPSA) is 108 Å². The molecule has 3 heterocycles. The van der Waals surface area contributed by atoms with Crippen molar-refractivity contribution in [1.82, 2.24) is 15.1 Å². The Kier molecular flexibility index (Phi) is 5.43. The number of carbonyl (C=O) groups excluding carboxylic acids is 2. The van der Waals surface area contributed by atoms with E-state index in [1.807, 2.05) is 0 Å². The van der Waals surface area contributed by atoms with Crippen LogP contribution in [0, 0.1) is 11.6 Å². The van der Waals surface area contributed by atoms with Gasteiger partial charge in [-0.3, -0.25) is 24.4 Å². The van der Waals surface area contributed by atoms with Crippen LogP contribution in [0.25, 0.3) is 10.8 Å². The minimum atomic E-state index is -1.01. The maximum Gasteiger partial charge on any atom is 0.415 e. The highest BCUT2D eigenvalue weighted by Gasteiger charge is 2.57. The van der Waals surface area contributed by atoms with E-state index in [0.717, 1.165) is 18.6 Å². The summed E-state index contributed by atoms with van der Waals surface area (Å²) in [7, 11) is 0. The number of nitrogens with one attached hydrogen (secondary N) is 1. The van der Waals surface area contributed by atoms with Crippen molar-refractivity contribution in [3.8, 4) is 0 Å². The number of halogens is 2. The minimum absolute atomic E-state index is 0.0225. The normalized spacial score (nSPS) is 21.8. The average Bonchev–Trinajstić information content (AvgIpc) is 3.10. The monoisotopic (exact) mass is 535 g/mol. The Hall–Kier alpha value is -4.15. The SMILES string of the molecule is CC1=NC2(CCC2)C(=O)N1C1c2n[nH]c(=O)c3cc(F)cc(c23)N(C(=O)OC(C)(C)C)C1c1ccc(F)cc1. The third-order valence-electron chi connectivity index (χ3n) is 7.58. The van der Waals surface area contributed by atoms with E-state index in [-0.39, 0.29) is 28.1 Å². The number of rotatable bonds is 2. The lowest BCUT2D eigenvalue weighted by Gasteiger charge is -2.45. The molecule has 2 atom stereocenters. The third kappa shape index (κ3) is 3.82. The molecule has 1 aromatic heterocycles. The molecule has 1 saturated carbocycles. The molecule has 1 aliphatic carbocycles. The maximum absolute atomic E-state index is 15.0. The summed E-state index contributed by atoms with van der Waals surface area (Å²) in [6.07, 6.45) is 1.23. The summed E-state index contributed by atoms with van der Waals surface area (Å²) in [6.45, 7) is 6.80. The number of anilines is 1. The standard InChI is InChI=1S/C28H27F2N5O4/c1-14-31-28(10-5-11-28)25(37)34(14)23-21-20-18(24(36)33-32-21)12-17(30)13-19(20)35(26(38)39-27(2,3)4)22(23)15-6-8-16(29)9-7-15/h6-9,12-13,22-23H,5,10-11H2,1-4H3,(H,33,36). The van der Waals surface area contributed by atoms with Crippen LogP contribution in [0.1, 0.15) is 70.3 Å². The van der Waals surface area contributed by atoms with Crippen LogP contribution in [0.4, 0.5) is 19.3 Å². The van der Waals surface area contributed by atoms with Crippen LogP contribution in [0.2, 0.25) is 0 Å². The Morgan fingerprint density at radius 3 is 2.36 bits per heavy atom. The number of aromatic amines is 1. The number of carbonyl (C=O) groups is 2. The highest BCUT2D eigenvalue weighted by atomic mass is 19.1. The van der Waals surface area contributed by atoms with Crippen molar-refractivity contribution in [3.63, 3.8) is 0 Å². The molecule has 1 fully saturated rings. The van der Waals surface area contributed by atoms with Gasteiger partial charge in [0.1, 0.15) is 34.7 Å². The number of hydrogen-bond donors (Lipinski definition) is 1. The second kappa shape index (κ2) is 8.42. The highest BCUT2D eigenvalue weighted by Crippen LogP contribution is 2.53. The first-order chi connectivity index (χ1) is 18.4. The molecule has 2 unspecified atom stereocenters. The molecular formula is C28H27F2N5O4. The molecule has 0 radical (unpaired) electrons. The van der Waals surface area contributed by atoms with Gasteiger partial charge in [-0.15, -0.1) is 0 Å². The smallest absolute Gasteiger partial charge is 0.415 e. The fourth-order valence-corrected chi connectivity index (χ4v) is 5.84. The predicted octanol–water partition coefficient (Wildman–Crippen LogP) is 4.92. The van der Waals surface area contributed by atoms with Crippen LogP contribution >= 0.6 is 0 Å². The fraction of sp³-hybridized carbons (Fsp3) is 0.393. The van der Waals surface area contributed by atoms with Gasteiger partial charge in [-0.1, -0.05) is 12.1 Å². The van der Waals surface area contributed by atoms with E-state index in [9.17, 15) is 23.2 Å². The van der Waals surface area contributed by atoms with Gasteiger partial charge in [0, 0.05) is 5.39 Å². The zero-order valence-electron chi connectivity index (χ0n) is 21.9. The van der Waals surface area contributed by atoms with Gasteiger partial charge < -0.3 is 4.74 Å². The quantitative estimate of drug-likeness (QED) is 0.501. The molecule has 202 valence electrons. The Bertz CT molecular complexity index is 1620. The first-order valence-electron chi connectivity index (χ1n) is 12.8. The summed E-state index contributed by atoms with van der Waals surface area (Å²) in [4.78, 5) is 48.2. The van der Waals surface area contributed by atoms with E-state index in [1.165, 1.54) is 34.1 Å². The lowest BCUT2D eigenvalue weighted by Crippen LogP contribution is -2.53. The molecule has 2 amide bonds. The third-order valence-corrected chi connectivity index (χ3v) is 7.58. The molecule has 1 N–H and O–H groups in total. The van der Waals surface area contributed by atoms with E-state index in [0.29, 0.717) is 24.2 Å². The summed E-state index contributed by atoms with van der Waals surface area (Å²) in [5.41, 5.74) is -1.65. The summed E-state index contributed by atoms with van der Waals surface area (Å²) >= 11 is 0. The summed E-state index contributed by atoms with van der Waals surface area (Å²) < 4.78 is 34.8. The molecular weight excluding hydrogens is 508 g/mol. The first kappa shape index (κ1) is 25.1. The van der Waals surface area contributed by atoms with Crippen LogP contribution in [-0.2, 0) is 9.53 Å². The van der Waals surface area contributed by atoms with Crippen LogP contribution in [-0.4, -0.2) is 44.1 Å². The molecule has 6 rings (SSSR count). The lowest BCUT2D eigenvalue weighted by molar-refractivity contribution is -0.136. The Morgan fingerprint density at radius 1 is 1.08 bits per heavy atom. The molecule has 9 nitrogen and oxygen atoms in total. The maximum atomic E-state index is 15.0. The molecule has 39 heavy (non-hydrogen) atoms. The van der Waals surface area contributed by atoms with Gasteiger partial charge >= 0.3 is 6.09 Å². The second-order valence-corrected chi connectivity index (χ2v) is 11.3. The van der Waals surface area contributed by atoms with Crippen LogP contribution in [0.15, 0.2) is 46.2 Å². The zero-order chi connectivity index (χ0) is 27.9. The van der Waals surface area contributed by atoms with E-state index >= 15 is 0 Å². The second-order valence-electron chi connectivity index (χ2n) is 11.3. The number of amidine groups is 1. The van der Waals surface area contributed by atoms with Gasteiger partial charge in [-0.25, -0.2) is 18.7 Å². The van der Waals surface area contributed by atoms with E-state index in [4.69, 9.17) is 9.73 Å². The summed E-state index contributed by atoms with van der Waals surface area (Å²) in [6, 6.07) is 5.73. The lowest BCUT2D eigenvalue weighted by atomic mass is 9.76. The summed E-state index contributed by atoms with van der Waals surface area (Å²) in [5.74, 6) is -1.03. The highest BCUT2D eigenvalue weighted by molar-refractivity contribution is 6.10. The number of amides is 2. The van der Waals surface area contributed by atoms with Crippen LogP contribution < -0.4 is 10.5 Å². The number of ether oxygens (including phenoxy) is 1. The molecule has 2 aromatic carbocycles. The minimum Gasteiger partial charge on any atom is -0.443 e. The number of benzene rings is 2.